The van der Waals surface area contributed by atoms with Crippen LogP contribution in [0.3, 0.4) is 0 Å². The molecule has 26 heavy (non-hydrogen) atoms. The SMILES string of the molecule is Cc1cccc[n+]1CCCCCCCCCCCC[n+]1ccccc1C. The molecule has 0 atom stereocenters. The van der Waals surface area contributed by atoms with Gasteiger partial charge in [0, 0.05) is 51.0 Å². The summed E-state index contributed by atoms with van der Waals surface area (Å²) in [5.74, 6) is 0. The maximum absolute atomic E-state index is 2.37. The molecular formula is C24H38N2+2. The fourth-order valence-electron chi connectivity index (χ4n) is 3.60. The molecule has 2 heterocycles. The van der Waals surface area contributed by atoms with Gasteiger partial charge >= 0.3 is 0 Å². The van der Waals surface area contributed by atoms with Gasteiger partial charge in [-0.05, 0) is 12.8 Å². The van der Waals surface area contributed by atoms with Gasteiger partial charge in [-0.25, -0.2) is 9.13 Å². The zero-order valence-electron chi connectivity index (χ0n) is 17.0. The first-order chi connectivity index (χ1) is 12.8. The molecule has 0 aliphatic carbocycles. The summed E-state index contributed by atoms with van der Waals surface area (Å²) in [4.78, 5) is 0. The van der Waals surface area contributed by atoms with Crippen LogP contribution >= 0.6 is 0 Å². The van der Waals surface area contributed by atoms with E-state index < -0.39 is 0 Å². The van der Waals surface area contributed by atoms with Crippen LogP contribution in [0.15, 0.2) is 48.8 Å². The number of rotatable bonds is 13. The highest BCUT2D eigenvalue weighted by Crippen LogP contribution is 2.10. The Bertz CT molecular complexity index is 566. The fourth-order valence-corrected chi connectivity index (χ4v) is 3.60. The largest absolute Gasteiger partial charge is 0.203 e. The molecule has 0 amide bonds. The van der Waals surface area contributed by atoms with Gasteiger partial charge in [-0.2, -0.15) is 0 Å². The summed E-state index contributed by atoms with van der Waals surface area (Å²) in [5, 5.41) is 0. The first kappa shape index (κ1) is 20.6. The number of hydrogen-bond acceptors (Lipinski definition) is 0. The highest BCUT2D eigenvalue weighted by Gasteiger charge is 2.04. The normalized spacial score (nSPS) is 11.0. The lowest BCUT2D eigenvalue weighted by molar-refractivity contribution is -0.703. The lowest BCUT2D eigenvalue weighted by Gasteiger charge is -2.03. The van der Waals surface area contributed by atoms with Gasteiger partial charge < -0.3 is 0 Å². The maximum atomic E-state index is 2.37. The molecule has 2 rings (SSSR count). The third-order valence-corrected chi connectivity index (χ3v) is 5.38. The van der Waals surface area contributed by atoms with E-state index in [0.717, 1.165) is 0 Å². The summed E-state index contributed by atoms with van der Waals surface area (Å²) in [5.41, 5.74) is 2.74. The van der Waals surface area contributed by atoms with E-state index in [1.807, 2.05) is 0 Å². The van der Waals surface area contributed by atoms with Crippen molar-refractivity contribution in [3.8, 4) is 0 Å². The number of aromatic nitrogens is 2. The number of aryl methyl sites for hydroxylation is 4. The molecule has 0 spiro atoms. The molecule has 0 saturated carbocycles. The predicted molar refractivity (Wildman–Crippen MR) is 109 cm³/mol. The average Bonchev–Trinajstić information content (AvgIpc) is 2.65. The second kappa shape index (κ2) is 12.6. The highest BCUT2D eigenvalue weighted by atomic mass is 14.9. The van der Waals surface area contributed by atoms with Crippen molar-refractivity contribution in [1.82, 2.24) is 0 Å². The van der Waals surface area contributed by atoms with E-state index in [-0.39, 0.29) is 0 Å². The Morgan fingerprint density at radius 1 is 0.500 bits per heavy atom. The Hall–Kier alpha value is -1.70. The summed E-state index contributed by atoms with van der Waals surface area (Å²) in [7, 11) is 0. The summed E-state index contributed by atoms with van der Waals surface area (Å²) in [6.45, 7) is 6.73. The minimum absolute atomic E-state index is 1.17. The quantitative estimate of drug-likeness (QED) is 0.332. The first-order valence-electron chi connectivity index (χ1n) is 10.7. The molecule has 2 aromatic heterocycles. The Labute approximate surface area is 160 Å². The minimum Gasteiger partial charge on any atom is -0.203 e. The van der Waals surface area contributed by atoms with Crippen molar-refractivity contribution in [2.24, 2.45) is 0 Å². The summed E-state index contributed by atoms with van der Waals surface area (Å²) < 4.78 is 4.74. The number of pyridine rings is 2. The van der Waals surface area contributed by atoms with E-state index in [4.69, 9.17) is 0 Å². The van der Waals surface area contributed by atoms with E-state index >= 15 is 0 Å². The van der Waals surface area contributed by atoms with Gasteiger partial charge in [0.15, 0.2) is 23.8 Å². The molecular weight excluding hydrogens is 316 g/mol. The lowest BCUT2D eigenvalue weighted by Crippen LogP contribution is -2.36. The summed E-state index contributed by atoms with van der Waals surface area (Å²) in [6.07, 6.45) is 18.2. The molecule has 142 valence electrons. The van der Waals surface area contributed by atoms with Crippen LogP contribution in [-0.2, 0) is 13.1 Å². The number of unbranched alkanes of at least 4 members (excludes halogenated alkanes) is 9. The molecule has 0 saturated heterocycles. The third kappa shape index (κ3) is 8.12. The van der Waals surface area contributed by atoms with Crippen molar-refractivity contribution >= 4 is 0 Å². The average molecular weight is 355 g/mol. The van der Waals surface area contributed by atoms with E-state index in [0.29, 0.717) is 0 Å². The second-order valence-electron chi connectivity index (χ2n) is 7.61. The van der Waals surface area contributed by atoms with Crippen LogP contribution in [0.25, 0.3) is 0 Å². The van der Waals surface area contributed by atoms with Crippen molar-refractivity contribution in [3.63, 3.8) is 0 Å². The Morgan fingerprint density at radius 2 is 0.846 bits per heavy atom. The van der Waals surface area contributed by atoms with Crippen LogP contribution in [0.2, 0.25) is 0 Å². The topological polar surface area (TPSA) is 7.76 Å². The van der Waals surface area contributed by atoms with Crippen LogP contribution in [0.4, 0.5) is 0 Å². The monoisotopic (exact) mass is 354 g/mol. The van der Waals surface area contributed by atoms with Crippen molar-refractivity contribution in [2.75, 3.05) is 0 Å². The zero-order valence-corrected chi connectivity index (χ0v) is 17.0. The van der Waals surface area contributed by atoms with Crippen LogP contribution in [0.5, 0.6) is 0 Å². The van der Waals surface area contributed by atoms with Crippen molar-refractivity contribution < 1.29 is 9.13 Å². The summed E-state index contributed by atoms with van der Waals surface area (Å²) >= 11 is 0. The van der Waals surface area contributed by atoms with E-state index in [1.165, 1.54) is 88.7 Å². The van der Waals surface area contributed by atoms with Crippen LogP contribution in [0.1, 0.15) is 75.6 Å². The smallest absolute Gasteiger partial charge is 0.178 e. The molecule has 0 fully saturated rings. The molecule has 2 heteroatoms. The standard InChI is InChI=1S/C24H38N2/c1-23-17-11-15-21-25(23)19-13-9-7-5-3-4-6-8-10-14-20-26-22-16-12-18-24(26)2/h11-12,15-18,21-22H,3-10,13-14,19-20H2,1-2H3/q+2. The van der Waals surface area contributed by atoms with Crippen molar-refractivity contribution in [1.29, 1.82) is 0 Å². The molecule has 0 N–H and O–H groups in total. The number of nitrogens with zero attached hydrogens (tertiary/aromatic N) is 2. The molecule has 2 aromatic rings. The highest BCUT2D eigenvalue weighted by molar-refractivity contribution is 4.94. The molecule has 2 nitrogen and oxygen atoms in total. The van der Waals surface area contributed by atoms with Crippen LogP contribution in [-0.4, -0.2) is 0 Å². The predicted octanol–water partition coefficient (Wildman–Crippen LogP) is 5.48. The van der Waals surface area contributed by atoms with E-state index in [9.17, 15) is 0 Å². The van der Waals surface area contributed by atoms with E-state index in [1.54, 1.807) is 0 Å². The molecule has 0 aliphatic rings. The third-order valence-electron chi connectivity index (χ3n) is 5.38. The van der Waals surface area contributed by atoms with Gasteiger partial charge in [0.05, 0.1) is 0 Å². The lowest BCUT2D eigenvalue weighted by atomic mass is 10.1. The van der Waals surface area contributed by atoms with Crippen LogP contribution in [0, 0.1) is 13.8 Å². The molecule has 0 unspecified atom stereocenters. The molecule has 0 bridgehead atoms. The van der Waals surface area contributed by atoms with Crippen molar-refractivity contribution in [3.05, 3.63) is 60.2 Å². The Morgan fingerprint density at radius 3 is 1.19 bits per heavy atom. The van der Waals surface area contributed by atoms with Gasteiger partial charge in [-0.1, -0.05) is 50.7 Å². The Balaban J connectivity index is 1.37. The van der Waals surface area contributed by atoms with Gasteiger partial charge in [-0.3, -0.25) is 0 Å². The van der Waals surface area contributed by atoms with Crippen molar-refractivity contribution in [2.45, 2.75) is 91.1 Å². The van der Waals surface area contributed by atoms with E-state index in [2.05, 4.69) is 71.8 Å². The van der Waals surface area contributed by atoms with Gasteiger partial charge in [0.2, 0.25) is 0 Å². The van der Waals surface area contributed by atoms with Gasteiger partial charge in [0.1, 0.15) is 13.1 Å². The fraction of sp³-hybridized carbons (Fsp3) is 0.583. The minimum atomic E-state index is 1.17. The first-order valence-corrected chi connectivity index (χ1v) is 10.7. The van der Waals surface area contributed by atoms with Crippen LogP contribution < -0.4 is 9.13 Å². The zero-order chi connectivity index (χ0) is 18.5. The molecule has 0 aromatic carbocycles. The maximum Gasteiger partial charge on any atom is 0.178 e. The second-order valence-corrected chi connectivity index (χ2v) is 7.61. The van der Waals surface area contributed by atoms with Gasteiger partial charge in [0.25, 0.3) is 0 Å². The number of hydrogen-bond donors (Lipinski definition) is 0. The molecule has 0 radical (unpaired) electrons. The Kier molecular flexibility index (Phi) is 10.0. The summed E-state index contributed by atoms with van der Waals surface area (Å²) in [6, 6.07) is 12.9. The van der Waals surface area contributed by atoms with Gasteiger partial charge in [-0.15, -0.1) is 0 Å². The molecule has 0 aliphatic heterocycles.